The van der Waals surface area contributed by atoms with Crippen LogP contribution in [0.4, 0.5) is 11.4 Å². The zero-order chi connectivity index (χ0) is 17.6. The van der Waals surface area contributed by atoms with Crippen molar-refractivity contribution in [3.63, 3.8) is 0 Å². The predicted molar refractivity (Wildman–Crippen MR) is 105 cm³/mol. The molecule has 0 heterocycles. The van der Waals surface area contributed by atoms with Gasteiger partial charge in [0.25, 0.3) is 5.91 Å². The molecule has 0 radical (unpaired) electrons. The van der Waals surface area contributed by atoms with Gasteiger partial charge in [-0.05, 0) is 42.5 Å². The van der Waals surface area contributed by atoms with E-state index in [1.54, 1.807) is 30.3 Å². The van der Waals surface area contributed by atoms with Gasteiger partial charge >= 0.3 is 0 Å². The molecule has 0 aliphatic carbocycles. The second-order valence-electron chi connectivity index (χ2n) is 5.19. The Morgan fingerprint density at radius 2 is 1.52 bits per heavy atom. The van der Waals surface area contributed by atoms with Crippen LogP contribution in [-0.2, 0) is 11.0 Å². The molecule has 3 aromatic carbocycles. The number of amides is 1. The van der Waals surface area contributed by atoms with E-state index in [0.29, 0.717) is 21.8 Å². The summed E-state index contributed by atoms with van der Waals surface area (Å²) in [5.41, 5.74) is 1.60. The topological polar surface area (TPSA) is 58.2 Å². The largest absolute Gasteiger partial charge is 0.322 e. The molecule has 0 saturated carbocycles. The van der Waals surface area contributed by atoms with Crippen LogP contribution >= 0.6 is 15.9 Å². The minimum Gasteiger partial charge on any atom is -0.322 e. The Kier molecular flexibility index (Phi) is 5.63. The average Bonchev–Trinajstić information content (AvgIpc) is 2.64. The molecule has 2 N–H and O–H groups in total. The summed E-state index contributed by atoms with van der Waals surface area (Å²) in [7, 11) is -1.46. The number of hydrogen-bond acceptors (Lipinski definition) is 2. The van der Waals surface area contributed by atoms with Crippen LogP contribution in [0.25, 0.3) is 0 Å². The second-order valence-corrected chi connectivity index (χ2v) is 7.32. The average molecular weight is 415 g/mol. The number of hydrogen-bond donors (Lipinski definition) is 2. The molecule has 0 spiro atoms. The Balaban J connectivity index is 1.85. The van der Waals surface area contributed by atoms with E-state index in [1.165, 1.54) is 0 Å². The molecular formula is C19H15BrN2O2S. The first-order valence-electron chi connectivity index (χ1n) is 7.53. The third kappa shape index (κ3) is 4.55. The van der Waals surface area contributed by atoms with Crippen LogP contribution in [-0.4, -0.2) is 10.1 Å². The monoisotopic (exact) mass is 414 g/mol. The molecule has 1 atom stereocenters. The van der Waals surface area contributed by atoms with Crippen molar-refractivity contribution < 1.29 is 9.00 Å². The van der Waals surface area contributed by atoms with Crippen molar-refractivity contribution in [2.75, 3.05) is 10.0 Å². The summed E-state index contributed by atoms with van der Waals surface area (Å²) in [6.45, 7) is 0. The molecule has 4 nitrogen and oxygen atoms in total. The summed E-state index contributed by atoms with van der Waals surface area (Å²) in [5, 5.41) is 2.84. The SMILES string of the molecule is O=C(Nc1ccccc1)c1cc(Br)ccc1NS(=O)c1ccccc1. The Bertz CT molecular complexity index is 902. The zero-order valence-electron chi connectivity index (χ0n) is 13.1. The molecule has 3 rings (SSSR count). The van der Waals surface area contributed by atoms with Crippen molar-refractivity contribution in [1.82, 2.24) is 0 Å². The van der Waals surface area contributed by atoms with Gasteiger partial charge in [0.05, 0.1) is 16.1 Å². The van der Waals surface area contributed by atoms with Crippen LogP contribution in [0.3, 0.4) is 0 Å². The number of carbonyl (C=O) groups is 1. The highest BCUT2D eigenvalue weighted by Crippen LogP contribution is 2.24. The van der Waals surface area contributed by atoms with Crippen molar-refractivity contribution in [1.29, 1.82) is 0 Å². The number of rotatable bonds is 5. The van der Waals surface area contributed by atoms with Gasteiger partial charge < -0.3 is 10.0 Å². The standard InChI is InChI=1S/C19H15BrN2O2S/c20-14-11-12-18(22-25(24)16-9-5-2-6-10-16)17(13-14)19(23)21-15-7-3-1-4-8-15/h1-13,22H,(H,21,23). The van der Waals surface area contributed by atoms with Crippen LogP contribution in [0.2, 0.25) is 0 Å². The molecule has 0 aliphatic rings. The van der Waals surface area contributed by atoms with Crippen molar-refractivity contribution in [2.24, 2.45) is 0 Å². The fourth-order valence-electron chi connectivity index (χ4n) is 2.22. The summed E-state index contributed by atoms with van der Waals surface area (Å²) < 4.78 is 16.2. The molecular weight excluding hydrogens is 400 g/mol. The van der Waals surface area contributed by atoms with Gasteiger partial charge in [0.2, 0.25) is 0 Å². The van der Waals surface area contributed by atoms with Gasteiger partial charge in [0, 0.05) is 10.2 Å². The highest BCUT2D eigenvalue weighted by molar-refractivity contribution is 9.10. The number of nitrogens with one attached hydrogen (secondary N) is 2. The van der Waals surface area contributed by atoms with Crippen molar-refractivity contribution in [3.05, 3.63) is 88.9 Å². The van der Waals surface area contributed by atoms with Gasteiger partial charge in [0.1, 0.15) is 11.0 Å². The first-order valence-corrected chi connectivity index (χ1v) is 9.47. The molecule has 0 aromatic heterocycles. The fraction of sp³-hybridized carbons (Fsp3) is 0. The Hall–Kier alpha value is -2.44. The van der Waals surface area contributed by atoms with E-state index in [4.69, 9.17) is 0 Å². The summed E-state index contributed by atoms with van der Waals surface area (Å²) >= 11 is 3.38. The van der Waals surface area contributed by atoms with E-state index in [1.807, 2.05) is 48.5 Å². The quantitative estimate of drug-likeness (QED) is 0.627. The number of benzene rings is 3. The highest BCUT2D eigenvalue weighted by Gasteiger charge is 2.14. The first-order chi connectivity index (χ1) is 12.1. The Morgan fingerprint density at radius 3 is 2.20 bits per heavy atom. The fourth-order valence-corrected chi connectivity index (χ4v) is 3.48. The Labute approximate surface area is 157 Å². The van der Waals surface area contributed by atoms with Gasteiger partial charge in [-0.25, -0.2) is 4.21 Å². The highest BCUT2D eigenvalue weighted by atomic mass is 79.9. The number of anilines is 2. The zero-order valence-corrected chi connectivity index (χ0v) is 15.5. The normalized spacial score (nSPS) is 11.6. The third-order valence-corrected chi connectivity index (χ3v) is 5.02. The van der Waals surface area contributed by atoms with E-state index in [9.17, 15) is 9.00 Å². The second kappa shape index (κ2) is 8.09. The smallest absolute Gasteiger partial charge is 0.257 e. The molecule has 6 heteroatoms. The summed E-state index contributed by atoms with van der Waals surface area (Å²) in [4.78, 5) is 13.3. The van der Waals surface area contributed by atoms with E-state index < -0.39 is 11.0 Å². The van der Waals surface area contributed by atoms with E-state index in [2.05, 4.69) is 26.0 Å². The molecule has 25 heavy (non-hydrogen) atoms. The molecule has 126 valence electrons. The van der Waals surface area contributed by atoms with Crippen molar-refractivity contribution in [2.45, 2.75) is 4.90 Å². The van der Waals surface area contributed by atoms with Crippen molar-refractivity contribution in [3.8, 4) is 0 Å². The lowest BCUT2D eigenvalue weighted by Gasteiger charge is -2.12. The van der Waals surface area contributed by atoms with Gasteiger partial charge in [-0.2, -0.15) is 0 Å². The summed E-state index contributed by atoms with van der Waals surface area (Å²) in [5.74, 6) is -0.278. The van der Waals surface area contributed by atoms with Gasteiger partial charge in [0.15, 0.2) is 0 Å². The van der Waals surface area contributed by atoms with Crippen LogP contribution in [0.5, 0.6) is 0 Å². The molecule has 0 bridgehead atoms. The summed E-state index contributed by atoms with van der Waals surface area (Å²) in [6, 6.07) is 23.5. The van der Waals surface area contributed by atoms with Crippen LogP contribution < -0.4 is 10.0 Å². The Morgan fingerprint density at radius 1 is 0.880 bits per heavy atom. The molecule has 0 fully saturated rings. The molecule has 1 amide bonds. The predicted octanol–water partition coefficient (Wildman–Crippen LogP) is 4.84. The van der Waals surface area contributed by atoms with E-state index in [-0.39, 0.29) is 5.91 Å². The maximum Gasteiger partial charge on any atom is 0.257 e. The minimum atomic E-state index is -1.46. The number of carbonyl (C=O) groups excluding carboxylic acids is 1. The molecule has 0 aliphatic heterocycles. The number of para-hydroxylation sites is 1. The molecule has 3 aromatic rings. The van der Waals surface area contributed by atoms with Crippen molar-refractivity contribution >= 4 is 44.2 Å². The lowest BCUT2D eigenvalue weighted by atomic mass is 10.1. The maximum atomic E-state index is 12.6. The van der Waals surface area contributed by atoms with Gasteiger partial charge in [-0.3, -0.25) is 4.79 Å². The van der Waals surface area contributed by atoms with E-state index in [0.717, 1.165) is 4.47 Å². The minimum absolute atomic E-state index is 0.278. The third-order valence-electron chi connectivity index (χ3n) is 3.42. The maximum absolute atomic E-state index is 12.6. The number of halogens is 1. The lowest BCUT2D eigenvalue weighted by Crippen LogP contribution is -2.16. The van der Waals surface area contributed by atoms with E-state index >= 15 is 0 Å². The summed E-state index contributed by atoms with van der Waals surface area (Å²) in [6.07, 6.45) is 0. The molecule has 1 unspecified atom stereocenters. The molecule has 0 saturated heterocycles. The van der Waals surface area contributed by atoms with Crippen LogP contribution in [0.15, 0.2) is 88.2 Å². The van der Waals surface area contributed by atoms with Gasteiger partial charge in [-0.15, -0.1) is 0 Å². The van der Waals surface area contributed by atoms with Crippen LogP contribution in [0.1, 0.15) is 10.4 Å². The van der Waals surface area contributed by atoms with Gasteiger partial charge in [-0.1, -0.05) is 52.3 Å². The first kappa shape index (κ1) is 17.4. The van der Waals surface area contributed by atoms with Crippen LogP contribution in [0, 0.1) is 0 Å². The lowest BCUT2D eigenvalue weighted by molar-refractivity contribution is 0.102.